The second-order valence-corrected chi connectivity index (χ2v) is 5.89. The maximum Gasteiger partial charge on any atom is -0.0411 e. The first kappa shape index (κ1) is 16.6. The van der Waals surface area contributed by atoms with Crippen molar-refractivity contribution in [2.45, 2.75) is 48.5 Å². The van der Waals surface area contributed by atoms with E-state index in [9.17, 15) is 0 Å². The smallest absolute Gasteiger partial charge is 0.0411 e. The molecule has 15 heavy (non-hydrogen) atoms. The van der Waals surface area contributed by atoms with Gasteiger partial charge in [-0.2, -0.15) is 0 Å². The van der Waals surface area contributed by atoms with Gasteiger partial charge in [0.05, 0.1) is 0 Å². The zero-order valence-electron chi connectivity index (χ0n) is 11.5. The van der Waals surface area contributed by atoms with E-state index >= 15 is 0 Å². The predicted octanol–water partition coefficient (Wildman–Crippen LogP) is 5.40. The lowest BCUT2D eigenvalue weighted by Gasteiger charge is -2.05. The molecule has 0 heterocycles. The fourth-order valence-corrected chi connectivity index (χ4v) is 0.385. The third-order valence-electron chi connectivity index (χ3n) is 0.667. The standard InChI is InChI=1S/C6H6.C5H12.C4H10/c1-2-4-6-5-3-1;1-5(2,3)4;1-4(2)3/h1-6H;1-4H3;4H,1-3H3. The molecule has 0 unspecified atom stereocenters. The van der Waals surface area contributed by atoms with Crippen molar-refractivity contribution in [3.63, 3.8) is 0 Å². The average Bonchev–Trinajstić information content (AvgIpc) is 2.03. The fraction of sp³-hybridized carbons (Fsp3) is 0.600. The summed E-state index contributed by atoms with van der Waals surface area (Å²) in [6.45, 7) is 15.2. The first-order valence-corrected chi connectivity index (χ1v) is 5.73. The van der Waals surface area contributed by atoms with Crippen LogP contribution in [0.1, 0.15) is 48.5 Å². The van der Waals surface area contributed by atoms with Gasteiger partial charge in [-0.15, -0.1) is 0 Å². The van der Waals surface area contributed by atoms with Gasteiger partial charge in [-0.05, 0) is 11.3 Å². The van der Waals surface area contributed by atoms with Crippen LogP contribution in [0, 0.1) is 11.3 Å². The normalized spacial score (nSPS) is 9.60. The van der Waals surface area contributed by atoms with E-state index in [1.807, 2.05) is 36.4 Å². The molecule has 1 aromatic carbocycles. The van der Waals surface area contributed by atoms with Gasteiger partial charge in [0.15, 0.2) is 0 Å². The number of hydrogen-bond donors (Lipinski definition) is 0. The molecule has 0 bridgehead atoms. The highest BCUT2D eigenvalue weighted by Gasteiger charge is 1.95. The molecule has 0 heteroatoms. The van der Waals surface area contributed by atoms with Crippen LogP contribution in [0.15, 0.2) is 36.4 Å². The van der Waals surface area contributed by atoms with E-state index in [0.29, 0.717) is 5.41 Å². The summed E-state index contributed by atoms with van der Waals surface area (Å²) in [5.74, 6) is 0.833. The molecule has 0 aliphatic rings. The van der Waals surface area contributed by atoms with Gasteiger partial charge in [0.2, 0.25) is 0 Å². The molecule has 0 aromatic heterocycles. The highest BCUT2D eigenvalue weighted by atomic mass is 14.0. The molecule has 0 N–H and O–H groups in total. The maximum atomic E-state index is 2.19. The van der Waals surface area contributed by atoms with Crippen molar-refractivity contribution in [3.05, 3.63) is 36.4 Å². The molecule has 0 spiro atoms. The Balaban J connectivity index is 0. The number of rotatable bonds is 0. The minimum absolute atomic E-state index is 0.500. The molecule has 0 radical (unpaired) electrons. The average molecular weight is 208 g/mol. The van der Waals surface area contributed by atoms with Gasteiger partial charge in [0, 0.05) is 0 Å². The Kier molecular flexibility index (Phi) is 10.8. The van der Waals surface area contributed by atoms with Crippen LogP contribution in [0.3, 0.4) is 0 Å². The van der Waals surface area contributed by atoms with Crippen molar-refractivity contribution in [2.75, 3.05) is 0 Å². The lowest BCUT2D eigenvalue weighted by atomic mass is 10.0. The summed E-state index contributed by atoms with van der Waals surface area (Å²) in [6.07, 6.45) is 0. The molecular formula is C15H28. The fourth-order valence-electron chi connectivity index (χ4n) is 0.385. The van der Waals surface area contributed by atoms with Crippen LogP contribution >= 0.6 is 0 Å². The Bertz CT molecular complexity index is 156. The summed E-state index contributed by atoms with van der Waals surface area (Å²) in [5, 5.41) is 0. The zero-order chi connectivity index (χ0) is 12.3. The van der Waals surface area contributed by atoms with Crippen LogP contribution in [0.25, 0.3) is 0 Å². The van der Waals surface area contributed by atoms with Gasteiger partial charge in [-0.25, -0.2) is 0 Å². The largest absolute Gasteiger partial charge is 0.0630 e. The first-order chi connectivity index (χ1) is 6.73. The molecule has 88 valence electrons. The van der Waals surface area contributed by atoms with Crippen LogP contribution in [0.5, 0.6) is 0 Å². The van der Waals surface area contributed by atoms with Crippen molar-refractivity contribution < 1.29 is 0 Å². The molecule has 0 aliphatic heterocycles. The highest BCUT2D eigenvalue weighted by Crippen LogP contribution is 2.08. The summed E-state index contributed by atoms with van der Waals surface area (Å²) in [6, 6.07) is 12.0. The lowest BCUT2D eigenvalue weighted by Crippen LogP contribution is -1.93. The molecule has 0 atom stereocenters. The van der Waals surface area contributed by atoms with Crippen molar-refractivity contribution in [1.82, 2.24) is 0 Å². The summed E-state index contributed by atoms with van der Waals surface area (Å²) < 4.78 is 0. The lowest BCUT2D eigenvalue weighted by molar-refractivity contribution is 0.469. The van der Waals surface area contributed by atoms with Gasteiger partial charge in [-0.1, -0.05) is 84.9 Å². The highest BCUT2D eigenvalue weighted by molar-refractivity contribution is 4.99. The van der Waals surface area contributed by atoms with E-state index in [-0.39, 0.29) is 0 Å². The summed E-state index contributed by atoms with van der Waals surface area (Å²) in [5.41, 5.74) is 0.500. The van der Waals surface area contributed by atoms with Gasteiger partial charge in [0.25, 0.3) is 0 Å². The van der Waals surface area contributed by atoms with Crippen LogP contribution < -0.4 is 0 Å². The van der Waals surface area contributed by atoms with E-state index in [1.165, 1.54) is 0 Å². The van der Waals surface area contributed by atoms with Crippen molar-refractivity contribution in [1.29, 1.82) is 0 Å². The van der Waals surface area contributed by atoms with Crippen LogP contribution in [0.4, 0.5) is 0 Å². The molecule has 0 aliphatic carbocycles. The molecule has 1 rings (SSSR count). The molecular weight excluding hydrogens is 180 g/mol. The Hall–Kier alpha value is -0.780. The summed E-state index contributed by atoms with van der Waals surface area (Å²) >= 11 is 0. The minimum Gasteiger partial charge on any atom is -0.0630 e. The van der Waals surface area contributed by atoms with Gasteiger partial charge in [-0.3, -0.25) is 0 Å². The van der Waals surface area contributed by atoms with Gasteiger partial charge in [0.1, 0.15) is 0 Å². The Morgan fingerprint density at radius 2 is 0.667 bits per heavy atom. The quantitative estimate of drug-likeness (QED) is 0.535. The summed E-state index contributed by atoms with van der Waals surface area (Å²) in [4.78, 5) is 0. The van der Waals surface area contributed by atoms with E-state index in [2.05, 4.69) is 48.5 Å². The van der Waals surface area contributed by atoms with Crippen molar-refractivity contribution in [3.8, 4) is 0 Å². The molecule has 0 saturated heterocycles. The predicted molar refractivity (Wildman–Crippen MR) is 72.1 cm³/mol. The van der Waals surface area contributed by atoms with E-state index in [0.717, 1.165) is 5.92 Å². The van der Waals surface area contributed by atoms with Crippen LogP contribution in [-0.2, 0) is 0 Å². The van der Waals surface area contributed by atoms with Gasteiger partial charge < -0.3 is 0 Å². The van der Waals surface area contributed by atoms with E-state index in [1.54, 1.807) is 0 Å². The third kappa shape index (κ3) is 61.1. The topological polar surface area (TPSA) is 0 Å². The van der Waals surface area contributed by atoms with Crippen LogP contribution in [0.2, 0.25) is 0 Å². The first-order valence-electron chi connectivity index (χ1n) is 5.73. The molecule has 0 amide bonds. The van der Waals surface area contributed by atoms with E-state index in [4.69, 9.17) is 0 Å². The number of benzene rings is 1. The molecule has 1 aromatic rings. The maximum absolute atomic E-state index is 2.19. The Morgan fingerprint density at radius 1 is 0.600 bits per heavy atom. The molecule has 0 nitrogen and oxygen atoms in total. The molecule has 0 fully saturated rings. The summed E-state index contributed by atoms with van der Waals surface area (Å²) in [7, 11) is 0. The monoisotopic (exact) mass is 208 g/mol. The van der Waals surface area contributed by atoms with Crippen molar-refractivity contribution >= 4 is 0 Å². The third-order valence-corrected chi connectivity index (χ3v) is 0.667. The molecule has 0 saturated carbocycles. The van der Waals surface area contributed by atoms with E-state index < -0.39 is 0 Å². The van der Waals surface area contributed by atoms with Crippen LogP contribution in [-0.4, -0.2) is 0 Å². The Morgan fingerprint density at radius 3 is 0.733 bits per heavy atom. The number of hydrogen-bond acceptors (Lipinski definition) is 0. The Labute approximate surface area is 96.7 Å². The second-order valence-electron chi connectivity index (χ2n) is 5.89. The van der Waals surface area contributed by atoms with Gasteiger partial charge >= 0.3 is 0 Å². The SMILES string of the molecule is CC(C)(C)C.CC(C)C.c1ccccc1. The minimum atomic E-state index is 0.500. The second kappa shape index (κ2) is 9.76. The van der Waals surface area contributed by atoms with Crippen molar-refractivity contribution in [2.24, 2.45) is 11.3 Å². The zero-order valence-corrected chi connectivity index (χ0v) is 11.5.